The molecule has 0 radical (unpaired) electrons. The molecular formula is C27H32N6O2S. The third-order valence-electron chi connectivity index (χ3n) is 6.90. The van der Waals surface area contributed by atoms with Gasteiger partial charge in [0, 0.05) is 65.7 Å². The Kier molecular flexibility index (Phi) is 6.53. The van der Waals surface area contributed by atoms with E-state index >= 15 is 0 Å². The zero-order valence-corrected chi connectivity index (χ0v) is 21.8. The second-order valence-corrected chi connectivity index (χ2v) is 12.3. The summed E-state index contributed by atoms with van der Waals surface area (Å²) in [6, 6.07) is 9.99. The molecule has 3 aromatic rings. The molecule has 1 N–H and O–H groups in total. The van der Waals surface area contributed by atoms with Crippen LogP contribution in [0.5, 0.6) is 0 Å². The molecular weight excluding hydrogens is 472 g/mol. The lowest BCUT2D eigenvalue weighted by molar-refractivity contribution is 0.102. The van der Waals surface area contributed by atoms with Crippen molar-refractivity contribution in [3.8, 4) is 11.1 Å². The predicted octanol–water partition coefficient (Wildman–Crippen LogP) is 3.40. The van der Waals surface area contributed by atoms with Gasteiger partial charge in [0.25, 0.3) is 5.91 Å². The summed E-state index contributed by atoms with van der Waals surface area (Å²) in [5.74, 6) is 4.92. The van der Waals surface area contributed by atoms with E-state index in [1.165, 1.54) is 12.4 Å². The second kappa shape index (κ2) is 9.63. The summed E-state index contributed by atoms with van der Waals surface area (Å²) in [5.41, 5.74) is 4.13. The van der Waals surface area contributed by atoms with Crippen LogP contribution in [-0.2, 0) is 9.52 Å². The van der Waals surface area contributed by atoms with Crippen LogP contribution in [0.1, 0.15) is 34.7 Å². The van der Waals surface area contributed by atoms with Gasteiger partial charge in [0.05, 0.1) is 5.56 Å². The molecule has 36 heavy (non-hydrogen) atoms. The van der Waals surface area contributed by atoms with Crippen molar-refractivity contribution in [2.24, 2.45) is 0 Å². The van der Waals surface area contributed by atoms with Crippen molar-refractivity contribution >= 4 is 32.8 Å². The molecule has 1 saturated carbocycles. The van der Waals surface area contributed by atoms with E-state index in [0.717, 1.165) is 66.4 Å². The number of nitrogens with one attached hydrogen (secondary N) is 1. The van der Waals surface area contributed by atoms with Gasteiger partial charge >= 0.3 is 0 Å². The first kappa shape index (κ1) is 24.4. The average molecular weight is 505 g/mol. The number of piperazine rings is 1. The molecule has 3 heterocycles. The highest BCUT2D eigenvalue weighted by molar-refractivity contribution is 8.01. The lowest BCUT2D eigenvalue weighted by Gasteiger charge is -2.34. The highest BCUT2D eigenvalue weighted by Gasteiger charge is 2.32. The Balaban J connectivity index is 1.46. The fourth-order valence-electron chi connectivity index (χ4n) is 4.46. The van der Waals surface area contributed by atoms with Crippen molar-refractivity contribution in [3.05, 3.63) is 59.8 Å². The van der Waals surface area contributed by atoms with Gasteiger partial charge in [-0.3, -0.25) is 9.00 Å². The largest absolute Gasteiger partial charge is 0.369 e. The fraction of sp³-hybridized carbons (Fsp3) is 0.370. The summed E-state index contributed by atoms with van der Waals surface area (Å²) in [6.07, 6.45) is 4.94. The molecule has 1 amide bonds. The van der Waals surface area contributed by atoms with Crippen molar-refractivity contribution in [3.63, 3.8) is 0 Å². The number of aromatic nitrogens is 3. The summed E-state index contributed by atoms with van der Waals surface area (Å²) in [4.78, 5) is 30.9. The number of rotatable bonds is 6. The Labute approximate surface area is 212 Å². The maximum atomic E-state index is 13.6. The van der Waals surface area contributed by atoms with E-state index in [4.69, 9.17) is 0 Å². The van der Waals surface area contributed by atoms with Gasteiger partial charge in [0.1, 0.15) is 11.6 Å². The minimum Gasteiger partial charge on any atom is -0.369 e. The molecule has 188 valence electrons. The smallest absolute Gasteiger partial charge is 0.259 e. The normalized spacial score (nSPS) is 18.0. The SMILES string of the molecule is C=S(=O)(c1cc(-c2ccc(NC(=O)c3cnc(C)nc3)nc2C)cc(N2CCN(C)CC2)c1)C1CC1. The van der Waals surface area contributed by atoms with Crippen molar-refractivity contribution < 1.29 is 9.00 Å². The topological polar surface area (TPSA) is 91.3 Å². The van der Waals surface area contributed by atoms with E-state index in [1.807, 2.05) is 19.1 Å². The number of carbonyl (C=O) groups excluding carboxylic acids is 1. The van der Waals surface area contributed by atoms with Crippen LogP contribution < -0.4 is 10.2 Å². The lowest BCUT2D eigenvalue weighted by atomic mass is 10.0. The molecule has 0 bridgehead atoms. The first-order chi connectivity index (χ1) is 17.2. The van der Waals surface area contributed by atoms with Gasteiger partial charge in [-0.15, -0.1) is 0 Å². The first-order valence-corrected chi connectivity index (χ1v) is 14.0. The van der Waals surface area contributed by atoms with Crippen LogP contribution in [0.25, 0.3) is 11.1 Å². The molecule has 1 unspecified atom stereocenters. The first-order valence-electron chi connectivity index (χ1n) is 12.2. The third-order valence-corrected chi connectivity index (χ3v) is 9.49. The van der Waals surface area contributed by atoms with Gasteiger partial charge in [-0.05, 0) is 85.0 Å². The van der Waals surface area contributed by atoms with Crippen LogP contribution >= 0.6 is 0 Å². The quantitative estimate of drug-likeness (QED) is 0.515. The minimum absolute atomic E-state index is 0.163. The summed E-state index contributed by atoms with van der Waals surface area (Å²) in [5, 5.41) is 2.99. The maximum Gasteiger partial charge on any atom is 0.259 e. The predicted molar refractivity (Wildman–Crippen MR) is 145 cm³/mol. The Morgan fingerprint density at radius 2 is 1.75 bits per heavy atom. The van der Waals surface area contributed by atoms with Gasteiger partial charge in [-0.1, -0.05) is 0 Å². The lowest BCUT2D eigenvalue weighted by Crippen LogP contribution is -2.44. The molecule has 1 aliphatic carbocycles. The molecule has 5 rings (SSSR count). The van der Waals surface area contributed by atoms with E-state index < -0.39 is 9.52 Å². The van der Waals surface area contributed by atoms with Crippen LogP contribution in [0.3, 0.4) is 0 Å². The minimum atomic E-state index is -2.37. The molecule has 0 spiro atoms. The van der Waals surface area contributed by atoms with E-state index in [1.54, 1.807) is 13.0 Å². The Hall–Kier alpha value is -3.30. The van der Waals surface area contributed by atoms with Crippen LogP contribution in [0, 0.1) is 13.8 Å². The van der Waals surface area contributed by atoms with E-state index in [-0.39, 0.29) is 11.2 Å². The number of carbonyl (C=O) groups is 1. The number of nitrogens with zero attached hydrogens (tertiary/aromatic N) is 5. The van der Waals surface area contributed by atoms with E-state index in [9.17, 15) is 9.00 Å². The molecule has 2 fully saturated rings. The summed E-state index contributed by atoms with van der Waals surface area (Å²) in [6.45, 7) is 7.52. The van der Waals surface area contributed by atoms with Gasteiger partial charge in [-0.25, -0.2) is 15.0 Å². The van der Waals surface area contributed by atoms with Gasteiger partial charge in [0.15, 0.2) is 0 Å². The number of anilines is 2. The fourth-order valence-corrected chi connectivity index (χ4v) is 6.39. The van der Waals surface area contributed by atoms with Crippen LogP contribution in [-0.4, -0.2) is 74.3 Å². The van der Waals surface area contributed by atoms with E-state index in [0.29, 0.717) is 17.2 Å². The zero-order chi connectivity index (χ0) is 25.4. The molecule has 2 aromatic heterocycles. The molecule has 1 atom stereocenters. The number of amides is 1. The summed E-state index contributed by atoms with van der Waals surface area (Å²) < 4.78 is 13.6. The standard InChI is InChI=1S/C27H32N6O2S/c1-18-25(7-8-26(30-18)31-27(34)21-16-28-19(2)29-17-21)20-13-22(33-11-9-32(3)10-12-33)15-24(14-20)36(4,35)23-5-6-23/h7-8,13-17,23H,4-6,9-12H2,1-3H3,(H,30,31,34). The van der Waals surface area contributed by atoms with Crippen LogP contribution in [0.15, 0.2) is 47.6 Å². The molecule has 2 aliphatic rings. The number of likely N-dealkylation sites (N-methyl/N-ethyl adjacent to an activating group) is 1. The average Bonchev–Trinajstić information content (AvgIpc) is 3.71. The highest BCUT2D eigenvalue weighted by atomic mass is 32.2. The number of aryl methyl sites for hydroxylation is 2. The van der Waals surface area contributed by atoms with E-state index in [2.05, 4.69) is 55.1 Å². The molecule has 9 heteroatoms. The Bertz CT molecular complexity index is 1390. The number of pyridine rings is 1. The van der Waals surface area contributed by atoms with Crippen molar-refractivity contribution in [1.29, 1.82) is 0 Å². The Morgan fingerprint density at radius 3 is 2.39 bits per heavy atom. The Morgan fingerprint density at radius 1 is 1.06 bits per heavy atom. The molecule has 1 saturated heterocycles. The molecule has 1 aromatic carbocycles. The van der Waals surface area contributed by atoms with Crippen LogP contribution in [0.2, 0.25) is 0 Å². The van der Waals surface area contributed by atoms with Crippen molar-refractivity contribution in [2.75, 3.05) is 43.4 Å². The van der Waals surface area contributed by atoms with Crippen LogP contribution in [0.4, 0.5) is 11.5 Å². The molecule has 8 nitrogen and oxygen atoms in total. The summed E-state index contributed by atoms with van der Waals surface area (Å²) in [7, 11) is -0.230. The number of hydrogen-bond donors (Lipinski definition) is 1. The van der Waals surface area contributed by atoms with Gasteiger partial charge in [-0.2, -0.15) is 0 Å². The van der Waals surface area contributed by atoms with Crippen molar-refractivity contribution in [1.82, 2.24) is 19.9 Å². The van der Waals surface area contributed by atoms with Gasteiger partial charge < -0.3 is 15.1 Å². The molecule has 1 aliphatic heterocycles. The monoisotopic (exact) mass is 504 g/mol. The highest BCUT2D eigenvalue weighted by Crippen LogP contribution is 2.38. The third kappa shape index (κ3) is 5.12. The summed E-state index contributed by atoms with van der Waals surface area (Å²) >= 11 is 0. The van der Waals surface area contributed by atoms with Gasteiger partial charge in [0.2, 0.25) is 0 Å². The number of hydrogen-bond acceptors (Lipinski definition) is 7. The van der Waals surface area contributed by atoms with Crippen molar-refractivity contribution in [2.45, 2.75) is 36.8 Å². The zero-order valence-electron chi connectivity index (χ0n) is 21.0. The second-order valence-electron chi connectivity index (χ2n) is 9.73. The number of benzene rings is 1. The maximum absolute atomic E-state index is 13.6.